The topological polar surface area (TPSA) is 12.5 Å². The van der Waals surface area contributed by atoms with E-state index < -0.39 is 11.7 Å². The first-order chi connectivity index (χ1) is 8.90. The van der Waals surface area contributed by atoms with Crippen molar-refractivity contribution < 1.29 is 17.9 Å². The van der Waals surface area contributed by atoms with E-state index in [1.54, 1.807) is 25.1 Å². The minimum atomic E-state index is -4.34. The number of anilines is 1. The van der Waals surface area contributed by atoms with Crippen molar-refractivity contribution in [3.63, 3.8) is 0 Å². The zero-order valence-electron chi connectivity index (χ0n) is 10.9. The SMILES string of the molecule is COCCCN(C)c1ccc(CBr)cc1C(F)(F)F. The van der Waals surface area contributed by atoms with E-state index in [1.807, 2.05) is 0 Å². The number of ether oxygens (including phenoxy) is 1. The van der Waals surface area contributed by atoms with Gasteiger partial charge in [-0.05, 0) is 24.1 Å². The Morgan fingerprint density at radius 2 is 2.00 bits per heavy atom. The van der Waals surface area contributed by atoms with Gasteiger partial charge >= 0.3 is 6.18 Å². The molecule has 1 aromatic carbocycles. The lowest BCUT2D eigenvalue weighted by Crippen LogP contribution is -2.23. The molecule has 0 fully saturated rings. The number of benzene rings is 1. The first-order valence-corrected chi connectivity index (χ1v) is 6.98. The van der Waals surface area contributed by atoms with Gasteiger partial charge in [-0.1, -0.05) is 22.0 Å². The molecule has 0 N–H and O–H groups in total. The van der Waals surface area contributed by atoms with Crippen molar-refractivity contribution in [1.29, 1.82) is 0 Å². The van der Waals surface area contributed by atoms with E-state index in [-0.39, 0.29) is 5.69 Å². The first-order valence-electron chi connectivity index (χ1n) is 5.86. The van der Waals surface area contributed by atoms with E-state index in [4.69, 9.17) is 4.74 Å². The van der Waals surface area contributed by atoms with Crippen LogP contribution in [0.5, 0.6) is 0 Å². The van der Waals surface area contributed by atoms with Crippen LogP contribution in [0.3, 0.4) is 0 Å². The van der Waals surface area contributed by atoms with Crippen LogP contribution in [0.1, 0.15) is 17.5 Å². The molecular formula is C13H17BrF3NO. The smallest absolute Gasteiger partial charge is 0.385 e. The van der Waals surface area contributed by atoms with Gasteiger partial charge in [-0.3, -0.25) is 0 Å². The van der Waals surface area contributed by atoms with Crippen LogP contribution in [0.4, 0.5) is 18.9 Å². The fourth-order valence-electron chi connectivity index (χ4n) is 1.79. The number of rotatable bonds is 6. The van der Waals surface area contributed by atoms with Crippen LogP contribution in [-0.4, -0.2) is 27.3 Å². The Balaban J connectivity index is 2.98. The molecule has 0 atom stereocenters. The van der Waals surface area contributed by atoms with Gasteiger partial charge in [0.15, 0.2) is 0 Å². The third-order valence-electron chi connectivity index (χ3n) is 2.77. The summed E-state index contributed by atoms with van der Waals surface area (Å²) in [5.41, 5.74) is 0.221. The molecule has 0 aliphatic rings. The largest absolute Gasteiger partial charge is 0.418 e. The van der Waals surface area contributed by atoms with Crippen LogP contribution in [0.15, 0.2) is 18.2 Å². The lowest BCUT2D eigenvalue weighted by molar-refractivity contribution is -0.137. The van der Waals surface area contributed by atoms with Crippen LogP contribution in [-0.2, 0) is 16.2 Å². The lowest BCUT2D eigenvalue weighted by atomic mass is 10.1. The molecule has 0 radical (unpaired) electrons. The highest BCUT2D eigenvalue weighted by molar-refractivity contribution is 9.08. The van der Waals surface area contributed by atoms with E-state index in [2.05, 4.69) is 15.9 Å². The Morgan fingerprint density at radius 3 is 2.53 bits per heavy atom. The second kappa shape index (κ2) is 7.14. The molecule has 0 spiro atoms. The Hall–Kier alpha value is -0.750. The maximum atomic E-state index is 13.0. The van der Waals surface area contributed by atoms with E-state index in [0.717, 1.165) is 0 Å². The van der Waals surface area contributed by atoms with Crippen LogP contribution in [0.2, 0.25) is 0 Å². The van der Waals surface area contributed by atoms with Gasteiger partial charge in [-0.2, -0.15) is 13.2 Å². The molecule has 0 saturated carbocycles. The summed E-state index contributed by atoms with van der Waals surface area (Å²) in [6.45, 7) is 1.05. The Labute approximate surface area is 119 Å². The van der Waals surface area contributed by atoms with Gasteiger partial charge in [-0.25, -0.2) is 0 Å². The van der Waals surface area contributed by atoms with E-state index in [9.17, 15) is 13.2 Å². The van der Waals surface area contributed by atoms with Gasteiger partial charge in [0.25, 0.3) is 0 Å². The molecule has 0 aliphatic heterocycles. The average molecular weight is 340 g/mol. The van der Waals surface area contributed by atoms with Crippen molar-refractivity contribution in [2.24, 2.45) is 0 Å². The van der Waals surface area contributed by atoms with Gasteiger partial charge in [0.05, 0.1) is 5.56 Å². The molecule has 1 aromatic rings. The van der Waals surface area contributed by atoms with E-state index in [1.165, 1.54) is 12.1 Å². The Morgan fingerprint density at radius 1 is 1.32 bits per heavy atom. The quantitative estimate of drug-likeness (QED) is 0.572. The van der Waals surface area contributed by atoms with Crippen molar-refractivity contribution in [3.8, 4) is 0 Å². The Kier molecular flexibility index (Phi) is 6.13. The Bertz CT molecular complexity index is 409. The zero-order valence-corrected chi connectivity index (χ0v) is 12.5. The van der Waals surface area contributed by atoms with E-state index >= 15 is 0 Å². The molecule has 0 amide bonds. The van der Waals surface area contributed by atoms with Gasteiger partial charge in [0.1, 0.15) is 0 Å². The molecule has 0 saturated heterocycles. The molecule has 0 bridgehead atoms. The molecule has 0 aliphatic carbocycles. The van der Waals surface area contributed by atoms with Gasteiger partial charge in [-0.15, -0.1) is 0 Å². The summed E-state index contributed by atoms with van der Waals surface area (Å²) in [5, 5.41) is 0.406. The summed E-state index contributed by atoms with van der Waals surface area (Å²) < 4.78 is 44.0. The average Bonchev–Trinajstić information content (AvgIpc) is 2.37. The number of methoxy groups -OCH3 is 1. The number of hydrogen-bond donors (Lipinski definition) is 0. The van der Waals surface area contributed by atoms with Crippen molar-refractivity contribution >= 4 is 21.6 Å². The number of halogens is 4. The second-order valence-corrected chi connectivity index (χ2v) is 4.81. The molecular weight excluding hydrogens is 323 g/mol. The zero-order chi connectivity index (χ0) is 14.5. The third-order valence-corrected chi connectivity index (χ3v) is 3.42. The molecule has 6 heteroatoms. The molecule has 2 nitrogen and oxygen atoms in total. The molecule has 0 heterocycles. The summed E-state index contributed by atoms with van der Waals surface area (Å²) in [5.74, 6) is 0. The molecule has 0 aromatic heterocycles. The van der Waals surface area contributed by atoms with Crippen molar-refractivity contribution in [1.82, 2.24) is 0 Å². The molecule has 108 valence electrons. The maximum absolute atomic E-state index is 13.0. The second-order valence-electron chi connectivity index (χ2n) is 4.25. The first kappa shape index (κ1) is 16.3. The molecule has 19 heavy (non-hydrogen) atoms. The standard InChI is InChI=1S/C13H17BrF3NO/c1-18(6-3-7-19-2)12-5-4-10(9-14)8-11(12)13(15,16)17/h4-5,8H,3,6-7,9H2,1-2H3. The predicted molar refractivity (Wildman–Crippen MR) is 73.8 cm³/mol. The maximum Gasteiger partial charge on any atom is 0.418 e. The number of nitrogens with zero attached hydrogens (tertiary/aromatic N) is 1. The van der Waals surface area contributed by atoms with Gasteiger partial charge in [0.2, 0.25) is 0 Å². The fourth-order valence-corrected chi connectivity index (χ4v) is 2.14. The summed E-state index contributed by atoms with van der Waals surface area (Å²) in [6, 6.07) is 4.41. The minimum Gasteiger partial charge on any atom is -0.385 e. The molecule has 1 rings (SSSR count). The summed E-state index contributed by atoms with van der Waals surface area (Å²) in [6.07, 6.45) is -3.66. The highest BCUT2D eigenvalue weighted by Gasteiger charge is 2.34. The lowest BCUT2D eigenvalue weighted by Gasteiger charge is -2.24. The summed E-state index contributed by atoms with van der Waals surface area (Å²) in [7, 11) is 3.24. The summed E-state index contributed by atoms with van der Waals surface area (Å²) in [4.78, 5) is 1.61. The van der Waals surface area contributed by atoms with Crippen molar-refractivity contribution in [3.05, 3.63) is 29.3 Å². The van der Waals surface area contributed by atoms with Crippen LogP contribution in [0, 0.1) is 0 Å². The fraction of sp³-hybridized carbons (Fsp3) is 0.538. The highest BCUT2D eigenvalue weighted by Crippen LogP contribution is 2.37. The van der Waals surface area contributed by atoms with Crippen LogP contribution >= 0.6 is 15.9 Å². The van der Waals surface area contributed by atoms with Crippen LogP contribution in [0.25, 0.3) is 0 Å². The predicted octanol–water partition coefficient (Wildman–Crippen LogP) is 4.07. The van der Waals surface area contributed by atoms with Gasteiger partial charge in [0, 0.05) is 38.3 Å². The number of alkyl halides is 4. The summed E-state index contributed by atoms with van der Waals surface area (Å²) >= 11 is 3.17. The molecule has 0 unspecified atom stereocenters. The minimum absolute atomic E-state index is 0.202. The normalized spacial score (nSPS) is 11.7. The van der Waals surface area contributed by atoms with E-state index in [0.29, 0.717) is 30.5 Å². The van der Waals surface area contributed by atoms with Gasteiger partial charge < -0.3 is 9.64 Å². The monoisotopic (exact) mass is 339 g/mol. The van der Waals surface area contributed by atoms with Crippen molar-refractivity contribution in [2.45, 2.75) is 17.9 Å². The number of hydrogen-bond acceptors (Lipinski definition) is 2. The third kappa shape index (κ3) is 4.69. The highest BCUT2D eigenvalue weighted by atomic mass is 79.9. The van der Waals surface area contributed by atoms with Crippen LogP contribution < -0.4 is 4.90 Å². The van der Waals surface area contributed by atoms with Crippen molar-refractivity contribution in [2.75, 3.05) is 32.2 Å².